The maximum Gasteiger partial charge on any atom is 0.323 e. The molecule has 4 heteroatoms. The fraction of sp³-hybridized carbons (Fsp3) is 0.833. The molecule has 0 aromatic heterocycles. The summed E-state index contributed by atoms with van der Waals surface area (Å²) in [6.07, 6.45) is 4.06. The number of carbonyl (C=O) groups excluding carboxylic acids is 2. The molecular formula is C12H21NO3. The minimum atomic E-state index is -0.164. The van der Waals surface area contributed by atoms with Crippen molar-refractivity contribution in [1.82, 2.24) is 4.90 Å². The molecule has 0 spiro atoms. The monoisotopic (exact) mass is 227 g/mol. The highest BCUT2D eigenvalue weighted by Gasteiger charge is 2.28. The third kappa shape index (κ3) is 3.59. The number of nitrogens with zero attached hydrogens (tertiary/aromatic N) is 1. The number of esters is 1. The molecule has 1 rings (SSSR count). The summed E-state index contributed by atoms with van der Waals surface area (Å²) in [5.41, 5.74) is 0. The first kappa shape index (κ1) is 13.2. The number of ether oxygens (including phenoxy) is 1. The molecule has 1 aliphatic rings. The average Bonchev–Trinajstić information content (AvgIpc) is 2.31. The Labute approximate surface area is 96.9 Å². The van der Waals surface area contributed by atoms with E-state index in [1.54, 1.807) is 0 Å². The summed E-state index contributed by atoms with van der Waals surface area (Å²) in [7, 11) is 1.43. The van der Waals surface area contributed by atoms with Gasteiger partial charge in [0.05, 0.1) is 7.11 Å². The quantitative estimate of drug-likeness (QED) is 0.666. The lowest BCUT2D eigenvalue weighted by molar-refractivity contribution is -0.148. The van der Waals surface area contributed by atoms with Crippen molar-refractivity contribution in [2.24, 2.45) is 0 Å². The molecule has 0 bridgehead atoms. The van der Waals surface area contributed by atoms with Crippen LogP contribution in [0, 0.1) is 0 Å². The Balaban J connectivity index is 2.53. The van der Waals surface area contributed by atoms with Gasteiger partial charge in [0, 0.05) is 25.9 Å². The van der Waals surface area contributed by atoms with Gasteiger partial charge in [0.25, 0.3) is 0 Å². The SMILES string of the molecule is CCCCC(C(=O)OC)N1CCC(=O)CC1. The van der Waals surface area contributed by atoms with Gasteiger partial charge in [-0.1, -0.05) is 19.8 Å². The zero-order chi connectivity index (χ0) is 12.0. The number of Topliss-reactive ketones (excluding diaryl/α,β-unsaturated/α-hetero) is 1. The number of ketones is 1. The average molecular weight is 227 g/mol. The molecule has 0 radical (unpaired) electrons. The van der Waals surface area contributed by atoms with E-state index in [0.29, 0.717) is 31.7 Å². The van der Waals surface area contributed by atoms with Gasteiger partial charge in [-0.05, 0) is 6.42 Å². The number of methoxy groups -OCH3 is 1. The number of rotatable bonds is 5. The Hall–Kier alpha value is -0.900. The zero-order valence-electron chi connectivity index (χ0n) is 10.2. The van der Waals surface area contributed by atoms with E-state index in [-0.39, 0.29) is 12.0 Å². The van der Waals surface area contributed by atoms with Gasteiger partial charge in [0.15, 0.2) is 0 Å². The van der Waals surface area contributed by atoms with Crippen LogP contribution in [-0.2, 0) is 14.3 Å². The van der Waals surface area contributed by atoms with Crippen LogP contribution < -0.4 is 0 Å². The predicted molar refractivity (Wildman–Crippen MR) is 61.1 cm³/mol. The van der Waals surface area contributed by atoms with Gasteiger partial charge in [-0.15, -0.1) is 0 Å². The molecular weight excluding hydrogens is 206 g/mol. The topological polar surface area (TPSA) is 46.6 Å². The molecule has 16 heavy (non-hydrogen) atoms. The van der Waals surface area contributed by atoms with Crippen LogP contribution in [0.4, 0.5) is 0 Å². The second-order valence-electron chi connectivity index (χ2n) is 4.26. The Morgan fingerprint density at radius 3 is 2.56 bits per heavy atom. The minimum Gasteiger partial charge on any atom is -0.468 e. The Kier molecular flexibility index (Phi) is 5.46. The van der Waals surface area contributed by atoms with Crippen molar-refractivity contribution in [3.8, 4) is 0 Å². The molecule has 0 aliphatic carbocycles. The summed E-state index contributed by atoms with van der Waals surface area (Å²) in [6.45, 7) is 3.50. The highest BCUT2D eigenvalue weighted by atomic mass is 16.5. The first-order valence-electron chi connectivity index (χ1n) is 6.02. The number of hydrogen-bond donors (Lipinski definition) is 0. The van der Waals surface area contributed by atoms with E-state index in [1.165, 1.54) is 7.11 Å². The summed E-state index contributed by atoms with van der Waals surface area (Å²) in [6, 6.07) is -0.155. The van der Waals surface area contributed by atoms with E-state index >= 15 is 0 Å². The van der Waals surface area contributed by atoms with Crippen LogP contribution in [0.25, 0.3) is 0 Å². The van der Waals surface area contributed by atoms with Crippen molar-refractivity contribution < 1.29 is 14.3 Å². The third-order valence-corrected chi connectivity index (χ3v) is 3.10. The number of piperidine rings is 1. The van der Waals surface area contributed by atoms with Crippen molar-refractivity contribution in [2.75, 3.05) is 20.2 Å². The van der Waals surface area contributed by atoms with Crippen LogP contribution in [0.5, 0.6) is 0 Å². The molecule has 1 atom stereocenters. The summed E-state index contributed by atoms with van der Waals surface area (Å²) < 4.78 is 4.82. The van der Waals surface area contributed by atoms with Crippen LogP contribution in [0.3, 0.4) is 0 Å². The highest BCUT2D eigenvalue weighted by molar-refractivity contribution is 5.80. The fourth-order valence-corrected chi connectivity index (χ4v) is 2.07. The van der Waals surface area contributed by atoms with Gasteiger partial charge in [-0.3, -0.25) is 14.5 Å². The normalized spacial score (nSPS) is 19.5. The van der Waals surface area contributed by atoms with E-state index in [1.807, 2.05) is 0 Å². The maximum atomic E-state index is 11.6. The van der Waals surface area contributed by atoms with E-state index in [4.69, 9.17) is 4.74 Å². The van der Waals surface area contributed by atoms with Gasteiger partial charge in [-0.2, -0.15) is 0 Å². The summed E-state index contributed by atoms with van der Waals surface area (Å²) in [4.78, 5) is 24.9. The third-order valence-electron chi connectivity index (χ3n) is 3.10. The molecule has 1 saturated heterocycles. The lowest BCUT2D eigenvalue weighted by Gasteiger charge is -2.32. The first-order valence-corrected chi connectivity index (χ1v) is 6.02. The lowest BCUT2D eigenvalue weighted by Crippen LogP contribution is -2.46. The van der Waals surface area contributed by atoms with Crippen LogP contribution in [0.15, 0.2) is 0 Å². The molecule has 0 aromatic rings. The molecule has 0 amide bonds. The van der Waals surface area contributed by atoms with E-state index in [0.717, 1.165) is 19.3 Å². The standard InChI is InChI=1S/C12H21NO3/c1-3-4-5-11(12(15)16-2)13-8-6-10(14)7-9-13/h11H,3-9H2,1-2H3. The molecule has 1 fully saturated rings. The first-order chi connectivity index (χ1) is 7.69. The summed E-state index contributed by atoms with van der Waals surface area (Å²) >= 11 is 0. The van der Waals surface area contributed by atoms with Gasteiger partial charge >= 0.3 is 5.97 Å². The molecule has 0 saturated carbocycles. The number of unbranched alkanes of at least 4 members (excludes halogenated alkanes) is 1. The van der Waals surface area contributed by atoms with Crippen molar-refractivity contribution in [3.63, 3.8) is 0 Å². The lowest BCUT2D eigenvalue weighted by atomic mass is 10.0. The Morgan fingerprint density at radius 2 is 2.06 bits per heavy atom. The fourth-order valence-electron chi connectivity index (χ4n) is 2.07. The van der Waals surface area contributed by atoms with E-state index in [2.05, 4.69) is 11.8 Å². The van der Waals surface area contributed by atoms with Gasteiger partial charge < -0.3 is 4.74 Å². The highest BCUT2D eigenvalue weighted by Crippen LogP contribution is 2.15. The Bertz CT molecular complexity index is 243. The van der Waals surface area contributed by atoms with Crippen LogP contribution in [0.2, 0.25) is 0 Å². The second kappa shape index (κ2) is 6.63. The smallest absolute Gasteiger partial charge is 0.323 e. The minimum absolute atomic E-state index is 0.155. The van der Waals surface area contributed by atoms with Crippen LogP contribution in [0.1, 0.15) is 39.0 Å². The maximum absolute atomic E-state index is 11.6. The summed E-state index contributed by atoms with van der Waals surface area (Å²) in [5.74, 6) is 0.137. The largest absolute Gasteiger partial charge is 0.468 e. The molecule has 0 N–H and O–H groups in total. The molecule has 0 aromatic carbocycles. The number of likely N-dealkylation sites (tertiary alicyclic amines) is 1. The zero-order valence-corrected chi connectivity index (χ0v) is 10.2. The predicted octanol–water partition coefficient (Wildman–Crippen LogP) is 1.38. The van der Waals surface area contributed by atoms with E-state index in [9.17, 15) is 9.59 Å². The molecule has 1 aliphatic heterocycles. The van der Waals surface area contributed by atoms with Crippen molar-refractivity contribution in [2.45, 2.75) is 45.1 Å². The van der Waals surface area contributed by atoms with Crippen molar-refractivity contribution >= 4 is 11.8 Å². The molecule has 92 valence electrons. The second-order valence-corrected chi connectivity index (χ2v) is 4.26. The summed E-state index contributed by atoms with van der Waals surface area (Å²) in [5, 5.41) is 0. The molecule has 4 nitrogen and oxygen atoms in total. The van der Waals surface area contributed by atoms with Crippen molar-refractivity contribution in [3.05, 3.63) is 0 Å². The van der Waals surface area contributed by atoms with Gasteiger partial charge in [0.1, 0.15) is 11.8 Å². The number of hydrogen-bond acceptors (Lipinski definition) is 4. The molecule has 1 heterocycles. The van der Waals surface area contributed by atoms with Gasteiger partial charge in [0.2, 0.25) is 0 Å². The molecule has 1 unspecified atom stereocenters. The van der Waals surface area contributed by atoms with Crippen LogP contribution >= 0.6 is 0 Å². The Morgan fingerprint density at radius 1 is 1.44 bits per heavy atom. The van der Waals surface area contributed by atoms with E-state index < -0.39 is 0 Å². The van der Waals surface area contributed by atoms with Gasteiger partial charge in [-0.25, -0.2) is 0 Å². The number of carbonyl (C=O) groups is 2. The van der Waals surface area contributed by atoms with Crippen molar-refractivity contribution in [1.29, 1.82) is 0 Å². The van der Waals surface area contributed by atoms with Crippen LogP contribution in [-0.4, -0.2) is 42.9 Å².